The molecule has 1 N–H and O–H groups in total. The second kappa shape index (κ2) is 6.47. The molecule has 2 aromatic rings. The fraction of sp³-hybridized carbons (Fsp3) is 0.286. The summed E-state index contributed by atoms with van der Waals surface area (Å²) in [6.45, 7) is 0.530. The number of aromatic nitrogens is 2. The van der Waals surface area contributed by atoms with E-state index in [0.717, 1.165) is 16.1 Å². The number of carbonyl (C=O) groups is 1. The SMILES string of the molecule is CSc1cccc(NC(=O)N(C)Cc2cnn(C)c2)c1. The van der Waals surface area contributed by atoms with Crippen LogP contribution in [0.25, 0.3) is 0 Å². The highest BCUT2D eigenvalue weighted by Crippen LogP contribution is 2.19. The Morgan fingerprint density at radius 1 is 1.50 bits per heavy atom. The molecule has 5 nitrogen and oxygen atoms in total. The second-order valence-electron chi connectivity index (χ2n) is 4.54. The molecule has 0 atom stereocenters. The van der Waals surface area contributed by atoms with E-state index in [1.165, 1.54) is 0 Å². The fourth-order valence-electron chi connectivity index (χ4n) is 1.82. The Kier molecular flexibility index (Phi) is 4.68. The first-order valence-electron chi connectivity index (χ1n) is 6.22. The number of amides is 2. The molecule has 106 valence electrons. The highest BCUT2D eigenvalue weighted by atomic mass is 32.2. The number of nitrogens with one attached hydrogen (secondary N) is 1. The average Bonchev–Trinajstić information content (AvgIpc) is 2.84. The zero-order valence-corrected chi connectivity index (χ0v) is 12.6. The number of hydrogen-bond donors (Lipinski definition) is 1. The van der Waals surface area contributed by atoms with Gasteiger partial charge < -0.3 is 10.2 Å². The molecule has 1 aromatic heterocycles. The Morgan fingerprint density at radius 2 is 2.30 bits per heavy atom. The Balaban J connectivity index is 1.96. The Bertz CT molecular complexity index is 596. The molecule has 2 rings (SSSR count). The van der Waals surface area contributed by atoms with Gasteiger partial charge in [0.2, 0.25) is 0 Å². The zero-order valence-electron chi connectivity index (χ0n) is 11.8. The van der Waals surface area contributed by atoms with Gasteiger partial charge in [0.1, 0.15) is 0 Å². The third-order valence-corrected chi connectivity index (χ3v) is 3.57. The van der Waals surface area contributed by atoms with Crippen molar-refractivity contribution in [2.75, 3.05) is 18.6 Å². The summed E-state index contributed by atoms with van der Waals surface area (Å²) in [4.78, 5) is 14.9. The third kappa shape index (κ3) is 3.77. The first-order valence-corrected chi connectivity index (χ1v) is 7.44. The molecule has 6 heteroatoms. The molecule has 1 aromatic carbocycles. The van der Waals surface area contributed by atoms with E-state index in [1.807, 2.05) is 43.8 Å². The molecular formula is C14H18N4OS. The minimum atomic E-state index is -0.132. The van der Waals surface area contributed by atoms with Crippen molar-refractivity contribution in [3.8, 4) is 0 Å². The molecule has 0 spiro atoms. The molecule has 0 radical (unpaired) electrons. The van der Waals surface area contributed by atoms with E-state index in [0.29, 0.717) is 6.54 Å². The van der Waals surface area contributed by atoms with Crippen LogP contribution < -0.4 is 5.32 Å². The summed E-state index contributed by atoms with van der Waals surface area (Å²) in [6.07, 6.45) is 5.67. The van der Waals surface area contributed by atoms with E-state index in [9.17, 15) is 4.79 Å². The number of rotatable bonds is 4. The van der Waals surface area contributed by atoms with Crippen LogP contribution in [-0.2, 0) is 13.6 Å². The predicted molar refractivity (Wildman–Crippen MR) is 81.9 cm³/mol. The lowest BCUT2D eigenvalue weighted by molar-refractivity contribution is 0.220. The van der Waals surface area contributed by atoms with Crippen LogP contribution in [-0.4, -0.2) is 34.0 Å². The van der Waals surface area contributed by atoms with E-state index >= 15 is 0 Å². The van der Waals surface area contributed by atoms with Crippen LogP contribution in [0.2, 0.25) is 0 Å². The van der Waals surface area contributed by atoms with Crippen molar-refractivity contribution in [3.05, 3.63) is 42.2 Å². The number of hydrogen-bond acceptors (Lipinski definition) is 3. The number of urea groups is 1. The first kappa shape index (κ1) is 14.5. The molecule has 0 bridgehead atoms. The highest BCUT2D eigenvalue weighted by Gasteiger charge is 2.10. The van der Waals surface area contributed by atoms with Crippen LogP contribution >= 0.6 is 11.8 Å². The van der Waals surface area contributed by atoms with Gasteiger partial charge in [-0.2, -0.15) is 5.10 Å². The smallest absolute Gasteiger partial charge is 0.321 e. The van der Waals surface area contributed by atoms with Crippen LogP contribution in [0.1, 0.15) is 5.56 Å². The van der Waals surface area contributed by atoms with Gasteiger partial charge in [-0.3, -0.25) is 4.68 Å². The summed E-state index contributed by atoms with van der Waals surface area (Å²) in [5.74, 6) is 0. The summed E-state index contributed by atoms with van der Waals surface area (Å²) in [5, 5.41) is 6.98. The van der Waals surface area contributed by atoms with Crippen molar-refractivity contribution in [3.63, 3.8) is 0 Å². The highest BCUT2D eigenvalue weighted by molar-refractivity contribution is 7.98. The minimum Gasteiger partial charge on any atom is -0.323 e. The van der Waals surface area contributed by atoms with E-state index in [-0.39, 0.29) is 6.03 Å². The molecule has 0 aliphatic carbocycles. The maximum atomic E-state index is 12.1. The van der Waals surface area contributed by atoms with Crippen molar-refractivity contribution in [1.29, 1.82) is 0 Å². The topological polar surface area (TPSA) is 50.2 Å². The molecule has 0 aliphatic rings. The predicted octanol–water partition coefficient (Wildman–Crippen LogP) is 2.81. The quantitative estimate of drug-likeness (QED) is 0.881. The van der Waals surface area contributed by atoms with Gasteiger partial charge in [-0.25, -0.2) is 4.79 Å². The largest absolute Gasteiger partial charge is 0.323 e. The number of nitrogens with zero attached hydrogens (tertiary/aromatic N) is 3. The summed E-state index contributed by atoms with van der Waals surface area (Å²) >= 11 is 1.65. The Morgan fingerprint density at radius 3 is 2.95 bits per heavy atom. The number of carbonyl (C=O) groups excluding carboxylic acids is 1. The third-order valence-electron chi connectivity index (χ3n) is 2.85. The maximum Gasteiger partial charge on any atom is 0.321 e. The van der Waals surface area contributed by atoms with E-state index in [2.05, 4.69) is 10.4 Å². The monoisotopic (exact) mass is 290 g/mol. The van der Waals surface area contributed by atoms with Crippen LogP contribution in [0.4, 0.5) is 10.5 Å². The maximum absolute atomic E-state index is 12.1. The van der Waals surface area contributed by atoms with Crippen LogP contribution in [0.3, 0.4) is 0 Å². The van der Waals surface area contributed by atoms with Crippen molar-refractivity contribution in [1.82, 2.24) is 14.7 Å². The molecule has 0 aliphatic heterocycles. The standard InChI is InChI=1S/C14H18N4OS/c1-17(9-11-8-15-18(2)10-11)14(19)16-12-5-4-6-13(7-12)20-3/h4-8,10H,9H2,1-3H3,(H,16,19). The van der Waals surface area contributed by atoms with Crippen LogP contribution in [0.15, 0.2) is 41.6 Å². The fourth-order valence-corrected chi connectivity index (χ4v) is 2.28. The lowest BCUT2D eigenvalue weighted by Gasteiger charge is -2.17. The molecule has 0 saturated carbocycles. The van der Waals surface area contributed by atoms with Gasteiger partial charge in [0.25, 0.3) is 0 Å². The van der Waals surface area contributed by atoms with Gasteiger partial charge >= 0.3 is 6.03 Å². The molecule has 1 heterocycles. The van der Waals surface area contributed by atoms with Gasteiger partial charge in [-0.15, -0.1) is 11.8 Å². The number of benzene rings is 1. The van der Waals surface area contributed by atoms with Crippen molar-refractivity contribution in [2.45, 2.75) is 11.4 Å². The normalized spacial score (nSPS) is 10.3. The zero-order chi connectivity index (χ0) is 14.5. The number of anilines is 1. The number of thioether (sulfide) groups is 1. The van der Waals surface area contributed by atoms with Crippen LogP contribution in [0, 0.1) is 0 Å². The first-order chi connectivity index (χ1) is 9.58. The molecule has 0 saturated heterocycles. The van der Waals surface area contributed by atoms with Gasteiger partial charge in [0.05, 0.1) is 12.7 Å². The van der Waals surface area contributed by atoms with Gasteiger partial charge in [0.15, 0.2) is 0 Å². The summed E-state index contributed by atoms with van der Waals surface area (Å²) in [6, 6.07) is 7.66. The van der Waals surface area contributed by atoms with Gasteiger partial charge in [-0.1, -0.05) is 6.07 Å². The molecule has 2 amide bonds. The lowest BCUT2D eigenvalue weighted by Crippen LogP contribution is -2.30. The lowest BCUT2D eigenvalue weighted by atomic mass is 10.3. The molecule has 0 fully saturated rings. The average molecular weight is 290 g/mol. The summed E-state index contributed by atoms with van der Waals surface area (Å²) in [7, 11) is 3.62. The summed E-state index contributed by atoms with van der Waals surface area (Å²) in [5.41, 5.74) is 1.81. The van der Waals surface area contributed by atoms with Gasteiger partial charge in [0, 0.05) is 36.4 Å². The molecular weight excluding hydrogens is 272 g/mol. The van der Waals surface area contributed by atoms with Crippen LogP contribution in [0.5, 0.6) is 0 Å². The summed E-state index contributed by atoms with van der Waals surface area (Å²) < 4.78 is 1.73. The minimum absolute atomic E-state index is 0.132. The van der Waals surface area contributed by atoms with Gasteiger partial charge in [-0.05, 0) is 24.5 Å². The second-order valence-corrected chi connectivity index (χ2v) is 5.42. The Labute approximate surface area is 123 Å². The molecule has 20 heavy (non-hydrogen) atoms. The number of aryl methyl sites for hydroxylation is 1. The van der Waals surface area contributed by atoms with Crippen molar-refractivity contribution in [2.24, 2.45) is 7.05 Å². The molecule has 0 unspecified atom stereocenters. The van der Waals surface area contributed by atoms with Crippen molar-refractivity contribution >= 4 is 23.5 Å². The van der Waals surface area contributed by atoms with E-state index in [4.69, 9.17) is 0 Å². The van der Waals surface area contributed by atoms with E-state index in [1.54, 1.807) is 34.6 Å². The van der Waals surface area contributed by atoms with Crippen molar-refractivity contribution < 1.29 is 4.79 Å². The Hall–Kier alpha value is -1.95. The van der Waals surface area contributed by atoms with E-state index < -0.39 is 0 Å².